The van der Waals surface area contributed by atoms with Crippen molar-refractivity contribution < 1.29 is 9.66 Å². The van der Waals surface area contributed by atoms with Gasteiger partial charge in [0.2, 0.25) is 0 Å². The predicted octanol–water partition coefficient (Wildman–Crippen LogP) is 3.42. The highest BCUT2D eigenvalue weighted by atomic mass is 16.6. The van der Waals surface area contributed by atoms with Gasteiger partial charge in [-0.15, -0.1) is 0 Å². The molecule has 0 fully saturated rings. The molecule has 0 aliphatic carbocycles. The zero-order valence-corrected chi connectivity index (χ0v) is 12.9. The van der Waals surface area contributed by atoms with E-state index < -0.39 is 4.92 Å². The summed E-state index contributed by atoms with van der Waals surface area (Å²) in [6, 6.07) is 10.2. The van der Waals surface area contributed by atoms with Crippen molar-refractivity contribution in [3.05, 3.63) is 65.1 Å². The van der Waals surface area contributed by atoms with E-state index >= 15 is 0 Å². The normalized spacial score (nSPS) is 10.5. The fraction of sp³-hybridized carbons (Fsp3) is 0.176. The zero-order valence-electron chi connectivity index (χ0n) is 12.9. The standard InChI is InChI=1S/C17H16N4O3/c22-21(23)16-5-4-15(17-14(16)3-1-8-20-17)19-9-2-12-24-13-6-10-18-11-7-13/h1,3-8,10-11,19H,2,9,12H2. The number of ether oxygens (including phenoxy) is 1. The van der Waals surface area contributed by atoms with Crippen LogP contribution in [0.25, 0.3) is 10.9 Å². The highest BCUT2D eigenvalue weighted by Gasteiger charge is 2.14. The Kier molecular flexibility index (Phi) is 4.81. The molecule has 0 radical (unpaired) electrons. The molecule has 0 amide bonds. The Balaban J connectivity index is 1.61. The summed E-state index contributed by atoms with van der Waals surface area (Å²) in [4.78, 5) is 18.9. The van der Waals surface area contributed by atoms with E-state index in [0.717, 1.165) is 17.9 Å². The largest absolute Gasteiger partial charge is 0.493 e. The number of hydrogen-bond donors (Lipinski definition) is 1. The third-order valence-corrected chi connectivity index (χ3v) is 3.50. The number of hydrogen-bond acceptors (Lipinski definition) is 6. The smallest absolute Gasteiger partial charge is 0.278 e. The minimum atomic E-state index is -0.393. The van der Waals surface area contributed by atoms with Crippen molar-refractivity contribution in [3.63, 3.8) is 0 Å². The Hall–Kier alpha value is -3.22. The Morgan fingerprint density at radius 3 is 2.75 bits per heavy atom. The maximum atomic E-state index is 11.1. The highest BCUT2D eigenvalue weighted by molar-refractivity contribution is 5.96. The number of rotatable bonds is 7. The Labute approximate surface area is 138 Å². The highest BCUT2D eigenvalue weighted by Crippen LogP contribution is 2.29. The molecule has 7 nitrogen and oxygen atoms in total. The molecule has 0 saturated carbocycles. The lowest BCUT2D eigenvalue weighted by Crippen LogP contribution is -2.08. The van der Waals surface area contributed by atoms with Crippen LogP contribution in [0.15, 0.2) is 55.0 Å². The average molecular weight is 324 g/mol. The van der Waals surface area contributed by atoms with E-state index in [4.69, 9.17) is 4.74 Å². The molecule has 24 heavy (non-hydrogen) atoms. The quantitative estimate of drug-likeness (QED) is 0.407. The summed E-state index contributed by atoms with van der Waals surface area (Å²) < 4.78 is 5.60. The lowest BCUT2D eigenvalue weighted by atomic mass is 10.1. The number of nitro benzene ring substituents is 1. The number of anilines is 1. The summed E-state index contributed by atoms with van der Waals surface area (Å²) in [5, 5.41) is 14.9. The molecule has 0 aliphatic rings. The Bertz CT molecular complexity index is 840. The lowest BCUT2D eigenvalue weighted by Gasteiger charge is -2.10. The van der Waals surface area contributed by atoms with Gasteiger partial charge < -0.3 is 10.1 Å². The summed E-state index contributed by atoms with van der Waals surface area (Å²) in [5.41, 5.74) is 1.44. The van der Waals surface area contributed by atoms with E-state index in [9.17, 15) is 10.1 Å². The van der Waals surface area contributed by atoms with Crippen LogP contribution in [0.3, 0.4) is 0 Å². The number of nitro groups is 1. The second-order valence-electron chi connectivity index (χ2n) is 5.10. The van der Waals surface area contributed by atoms with Crippen LogP contribution in [0.4, 0.5) is 11.4 Å². The number of non-ortho nitro benzene ring substituents is 1. The summed E-state index contributed by atoms with van der Waals surface area (Å²) >= 11 is 0. The van der Waals surface area contributed by atoms with E-state index in [0.29, 0.717) is 24.1 Å². The molecule has 0 unspecified atom stereocenters. The van der Waals surface area contributed by atoms with Crippen molar-refractivity contribution in [2.75, 3.05) is 18.5 Å². The number of benzene rings is 1. The number of nitrogens with one attached hydrogen (secondary N) is 1. The Morgan fingerprint density at radius 1 is 1.12 bits per heavy atom. The molecule has 1 N–H and O–H groups in total. The van der Waals surface area contributed by atoms with Crippen LogP contribution >= 0.6 is 0 Å². The van der Waals surface area contributed by atoms with E-state index in [2.05, 4.69) is 15.3 Å². The molecular weight excluding hydrogens is 308 g/mol. The van der Waals surface area contributed by atoms with Crippen LogP contribution in [0.1, 0.15) is 6.42 Å². The molecule has 2 aromatic heterocycles. The summed E-state index contributed by atoms with van der Waals surface area (Å²) in [6.07, 6.45) is 5.78. The third kappa shape index (κ3) is 3.57. The molecule has 3 aromatic rings. The number of aromatic nitrogens is 2. The molecule has 2 heterocycles. The molecule has 0 bridgehead atoms. The SMILES string of the molecule is O=[N+]([O-])c1ccc(NCCCOc2ccncc2)c2ncccc12. The molecule has 0 aliphatic heterocycles. The van der Waals surface area contributed by atoms with E-state index in [1.165, 1.54) is 6.07 Å². The first kappa shape index (κ1) is 15.7. The first-order valence-electron chi connectivity index (χ1n) is 7.54. The minimum absolute atomic E-state index is 0.0599. The van der Waals surface area contributed by atoms with Crippen LogP contribution in [-0.2, 0) is 0 Å². The molecule has 3 rings (SSSR count). The van der Waals surface area contributed by atoms with Gasteiger partial charge in [0.15, 0.2) is 0 Å². The topological polar surface area (TPSA) is 90.2 Å². The van der Waals surface area contributed by atoms with Gasteiger partial charge in [0.25, 0.3) is 5.69 Å². The monoisotopic (exact) mass is 324 g/mol. The average Bonchev–Trinajstić information content (AvgIpc) is 2.62. The first-order valence-corrected chi connectivity index (χ1v) is 7.54. The minimum Gasteiger partial charge on any atom is -0.493 e. The van der Waals surface area contributed by atoms with Crippen molar-refractivity contribution in [3.8, 4) is 5.75 Å². The molecular formula is C17H16N4O3. The van der Waals surface area contributed by atoms with Gasteiger partial charge in [0, 0.05) is 31.2 Å². The fourth-order valence-electron chi connectivity index (χ4n) is 2.38. The van der Waals surface area contributed by atoms with Crippen LogP contribution in [-0.4, -0.2) is 28.0 Å². The fourth-order valence-corrected chi connectivity index (χ4v) is 2.38. The number of fused-ring (bicyclic) bond motifs is 1. The predicted molar refractivity (Wildman–Crippen MR) is 91.2 cm³/mol. The number of nitrogens with zero attached hydrogens (tertiary/aromatic N) is 3. The molecule has 0 spiro atoms. The van der Waals surface area contributed by atoms with Crippen molar-refractivity contribution >= 4 is 22.3 Å². The van der Waals surface area contributed by atoms with Crippen LogP contribution < -0.4 is 10.1 Å². The van der Waals surface area contributed by atoms with E-state index in [-0.39, 0.29) is 5.69 Å². The first-order chi connectivity index (χ1) is 11.8. The summed E-state index contributed by atoms with van der Waals surface area (Å²) in [7, 11) is 0. The maximum Gasteiger partial charge on any atom is 0.278 e. The van der Waals surface area contributed by atoms with Gasteiger partial charge >= 0.3 is 0 Å². The van der Waals surface area contributed by atoms with Gasteiger partial charge in [0.05, 0.1) is 22.6 Å². The zero-order chi connectivity index (χ0) is 16.8. The molecule has 122 valence electrons. The Morgan fingerprint density at radius 2 is 1.96 bits per heavy atom. The summed E-state index contributed by atoms with van der Waals surface area (Å²) in [6.45, 7) is 1.24. The third-order valence-electron chi connectivity index (χ3n) is 3.50. The van der Waals surface area contributed by atoms with Crippen molar-refractivity contribution in [2.24, 2.45) is 0 Å². The van der Waals surface area contributed by atoms with Gasteiger partial charge in [0.1, 0.15) is 11.3 Å². The van der Waals surface area contributed by atoms with Gasteiger partial charge in [-0.2, -0.15) is 0 Å². The van der Waals surface area contributed by atoms with E-state index in [1.54, 1.807) is 48.9 Å². The lowest BCUT2D eigenvalue weighted by molar-refractivity contribution is -0.383. The van der Waals surface area contributed by atoms with Gasteiger partial charge in [-0.25, -0.2) is 0 Å². The van der Waals surface area contributed by atoms with Crippen LogP contribution in [0, 0.1) is 10.1 Å². The van der Waals surface area contributed by atoms with Crippen LogP contribution in [0.2, 0.25) is 0 Å². The van der Waals surface area contributed by atoms with Crippen LogP contribution in [0.5, 0.6) is 5.75 Å². The molecule has 0 saturated heterocycles. The molecule has 7 heteroatoms. The van der Waals surface area contributed by atoms with E-state index in [1.807, 2.05) is 0 Å². The van der Waals surface area contributed by atoms with Gasteiger partial charge in [-0.1, -0.05) is 0 Å². The maximum absolute atomic E-state index is 11.1. The van der Waals surface area contributed by atoms with Crippen molar-refractivity contribution in [1.82, 2.24) is 9.97 Å². The van der Waals surface area contributed by atoms with Gasteiger partial charge in [-0.3, -0.25) is 20.1 Å². The molecule has 0 atom stereocenters. The number of pyridine rings is 2. The van der Waals surface area contributed by atoms with Gasteiger partial charge in [-0.05, 0) is 36.8 Å². The second-order valence-corrected chi connectivity index (χ2v) is 5.10. The van der Waals surface area contributed by atoms with Crippen molar-refractivity contribution in [2.45, 2.75) is 6.42 Å². The van der Waals surface area contributed by atoms with Crippen molar-refractivity contribution in [1.29, 1.82) is 0 Å². The molecule has 1 aromatic carbocycles. The summed E-state index contributed by atoms with van der Waals surface area (Å²) in [5.74, 6) is 0.785. The second kappa shape index (κ2) is 7.36.